The fourth-order valence-corrected chi connectivity index (χ4v) is 4.58. The van der Waals surface area contributed by atoms with Crippen molar-refractivity contribution in [3.63, 3.8) is 0 Å². The molecule has 180 valence electrons. The number of aromatic nitrogens is 1. The Hall–Kier alpha value is -4.49. The van der Waals surface area contributed by atoms with Crippen LogP contribution in [0.3, 0.4) is 0 Å². The highest BCUT2D eigenvalue weighted by Gasteiger charge is 2.28. The van der Waals surface area contributed by atoms with E-state index in [2.05, 4.69) is 17.0 Å². The molecular weight excluding hydrogens is 456 g/mol. The molecular formula is C29H24N2O5. The number of carboxylic acids is 2. The summed E-state index contributed by atoms with van der Waals surface area (Å²) in [6.45, 7) is 1.34. The number of benzene rings is 3. The van der Waals surface area contributed by atoms with Crippen LogP contribution in [0.2, 0.25) is 0 Å². The van der Waals surface area contributed by atoms with Crippen molar-refractivity contribution in [1.29, 1.82) is 0 Å². The van der Waals surface area contributed by atoms with Crippen molar-refractivity contribution in [3.05, 3.63) is 107 Å². The molecule has 0 unspecified atom stereocenters. The van der Waals surface area contributed by atoms with Crippen LogP contribution in [0.15, 0.2) is 78.9 Å². The first-order valence-corrected chi connectivity index (χ1v) is 11.5. The van der Waals surface area contributed by atoms with Gasteiger partial charge in [-0.2, -0.15) is 0 Å². The van der Waals surface area contributed by atoms with Gasteiger partial charge in [-0.15, -0.1) is 0 Å². The average molecular weight is 481 g/mol. The van der Waals surface area contributed by atoms with Crippen LogP contribution in [0.5, 0.6) is 5.75 Å². The zero-order chi connectivity index (χ0) is 25.1. The van der Waals surface area contributed by atoms with Gasteiger partial charge in [0.2, 0.25) is 0 Å². The van der Waals surface area contributed by atoms with Crippen LogP contribution in [-0.2, 0) is 17.9 Å². The smallest absolute Gasteiger partial charge is 0.341 e. The van der Waals surface area contributed by atoms with E-state index >= 15 is 0 Å². The van der Waals surface area contributed by atoms with Gasteiger partial charge < -0.3 is 14.9 Å². The molecule has 4 aromatic rings. The predicted octanol–water partition coefficient (Wildman–Crippen LogP) is 4.95. The van der Waals surface area contributed by atoms with Gasteiger partial charge in [-0.05, 0) is 41.0 Å². The van der Waals surface area contributed by atoms with E-state index < -0.39 is 18.5 Å². The van der Waals surface area contributed by atoms with E-state index in [1.54, 1.807) is 18.2 Å². The molecule has 1 aliphatic rings. The monoisotopic (exact) mass is 480 g/mol. The second-order valence-electron chi connectivity index (χ2n) is 8.69. The molecule has 36 heavy (non-hydrogen) atoms. The molecule has 0 fully saturated rings. The van der Waals surface area contributed by atoms with E-state index in [1.807, 2.05) is 54.6 Å². The number of pyridine rings is 1. The molecule has 1 aliphatic heterocycles. The second-order valence-corrected chi connectivity index (χ2v) is 8.69. The molecule has 0 bridgehead atoms. The number of fused-ring (bicyclic) bond motifs is 2. The van der Waals surface area contributed by atoms with Crippen LogP contribution >= 0.6 is 0 Å². The summed E-state index contributed by atoms with van der Waals surface area (Å²) < 4.78 is 5.24. The highest BCUT2D eigenvalue weighted by Crippen LogP contribution is 2.34. The van der Waals surface area contributed by atoms with Gasteiger partial charge in [0.1, 0.15) is 5.75 Å². The summed E-state index contributed by atoms with van der Waals surface area (Å²) in [5.74, 6) is -1.54. The minimum atomic E-state index is -1.04. The number of hydrogen-bond donors (Lipinski definition) is 2. The summed E-state index contributed by atoms with van der Waals surface area (Å²) in [5, 5.41) is 19.6. The van der Waals surface area contributed by atoms with Crippen LogP contribution in [0.1, 0.15) is 32.7 Å². The summed E-state index contributed by atoms with van der Waals surface area (Å²) in [6.07, 6.45) is 2.00. The van der Waals surface area contributed by atoms with Crippen molar-refractivity contribution in [3.8, 4) is 5.75 Å². The fourth-order valence-electron chi connectivity index (χ4n) is 4.58. The van der Waals surface area contributed by atoms with Crippen LogP contribution < -0.4 is 4.74 Å². The van der Waals surface area contributed by atoms with Gasteiger partial charge in [-0.25, -0.2) is 14.6 Å². The number of aliphatic carboxylic acids is 1. The molecule has 2 heterocycles. The Bertz CT molecular complexity index is 1460. The van der Waals surface area contributed by atoms with Crippen LogP contribution in [-0.4, -0.2) is 45.2 Å². The van der Waals surface area contributed by atoms with Gasteiger partial charge in [0.05, 0.1) is 16.8 Å². The molecule has 3 aromatic carbocycles. The molecule has 0 radical (unpaired) electrons. The first-order chi connectivity index (χ1) is 17.5. The lowest BCUT2D eigenvalue weighted by molar-refractivity contribution is -0.139. The van der Waals surface area contributed by atoms with Gasteiger partial charge in [0.15, 0.2) is 6.61 Å². The zero-order valence-corrected chi connectivity index (χ0v) is 19.4. The maximum Gasteiger partial charge on any atom is 0.341 e. The summed E-state index contributed by atoms with van der Waals surface area (Å²) in [6, 6.07) is 24.6. The predicted molar refractivity (Wildman–Crippen MR) is 137 cm³/mol. The molecule has 0 atom stereocenters. The Balaban J connectivity index is 1.58. The van der Waals surface area contributed by atoms with Crippen molar-refractivity contribution in [1.82, 2.24) is 9.88 Å². The van der Waals surface area contributed by atoms with Crippen molar-refractivity contribution >= 4 is 34.5 Å². The number of hydrogen-bond acceptors (Lipinski definition) is 5. The third-order valence-electron chi connectivity index (χ3n) is 6.12. The Morgan fingerprint density at radius 2 is 1.64 bits per heavy atom. The van der Waals surface area contributed by atoms with Crippen molar-refractivity contribution in [2.45, 2.75) is 13.1 Å². The average Bonchev–Trinajstić information content (AvgIpc) is 2.87. The Morgan fingerprint density at radius 1 is 0.917 bits per heavy atom. The minimum absolute atomic E-state index is 0.289. The van der Waals surface area contributed by atoms with Crippen LogP contribution in [0.4, 0.5) is 0 Å². The number of carboxylic acid groups (broad SMARTS) is 2. The Labute approximate surface area is 207 Å². The number of carbonyl (C=O) groups is 2. The van der Waals surface area contributed by atoms with Gasteiger partial charge in [0, 0.05) is 30.6 Å². The van der Waals surface area contributed by atoms with Gasteiger partial charge >= 0.3 is 11.9 Å². The summed E-state index contributed by atoms with van der Waals surface area (Å²) in [4.78, 5) is 30.3. The van der Waals surface area contributed by atoms with Crippen LogP contribution in [0, 0.1) is 0 Å². The topological polar surface area (TPSA) is 100.0 Å². The van der Waals surface area contributed by atoms with Crippen molar-refractivity contribution in [2.75, 3.05) is 13.2 Å². The third-order valence-corrected chi connectivity index (χ3v) is 6.12. The number of rotatable bonds is 7. The van der Waals surface area contributed by atoms with E-state index in [1.165, 1.54) is 0 Å². The molecule has 2 N–H and O–H groups in total. The molecule has 5 rings (SSSR count). The molecule has 0 saturated heterocycles. The lowest BCUT2D eigenvalue weighted by Crippen LogP contribution is -2.31. The second kappa shape index (κ2) is 10.0. The maximum absolute atomic E-state index is 12.4. The van der Waals surface area contributed by atoms with E-state index in [4.69, 9.17) is 14.8 Å². The highest BCUT2D eigenvalue weighted by molar-refractivity contribution is 6.06. The quantitative estimate of drug-likeness (QED) is 0.386. The Kier molecular flexibility index (Phi) is 6.47. The molecule has 0 aliphatic carbocycles. The number of aromatic carboxylic acids is 1. The van der Waals surface area contributed by atoms with Gasteiger partial charge in [0.25, 0.3) is 0 Å². The summed E-state index contributed by atoms with van der Waals surface area (Å²) >= 11 is 0. The van der Waals surface area contributed by atoms with Crippen molar-refractivity contribution in [2.24, 2.45) is 0 Å². The summed E-state index contributed by atoms with van der Waals surface area (Å²) in [5.41, 5.74) is 5.28. The maximum atomic E-state index is 12.4. The number of ether oxygens (including phenoxy) is 1. The zero-order valence-electron chi connectivity index (χ0n) is 19.4. The van der Waals surface area contributed by atoms with E-state index in [0.29, 0.717) is 47.5 Å². The van der Waals surface area contributed by atoms with E-state index in [9.17, 15) is 14.7 Å². The lowest BCUT2D eigenvalue weighted by Gasteiger charge is -2.31. The minimum Gasteiger partial charge on any atom is -0.482 e. The molecule has 7 nitrogen and oxygen atoms in total. The van der Waals surface area contributed by atoms with Crippen molar-refractivity contribution < 1.29 is 24.5 Å². The highest BCUT2D eigenvalue weighted by atomic mass is 16.5. The standard InChI is InChI=1S/C29H24N2O5/c32-26(33)18-36-22-12-10-19(11-13-22)14-21-16-31(15-20-6-2-1-3-7-20)17-24-27(29(34)35)23-8-4-5-9-25(23)30-28(21)24/h1-14H,15-18H2,(H,32,33)(H,34,35)/b21-14+. The van der Waals surface area contributed by atoms with E-state index in [-0.39, 0.29) is 5.56 Å². The van der Waals surface area contributed by atoms with Crippen LogP contribution in [0.25, 0.3) is 22.6 Å². The number of para-hydroxylation sites is 1. The largest absolute Gasteiger partial charge is 0.482 e. The normalized spacial score (nSPS) is 14.5. The van der Waals surface area contributed by atoms with Gasteiger partial charge in [-0.1, -0.05) is 60.7 Å². The fraction of sp³-hybridized carbons (Fsp3) is 0.138. The SMILES string of the molecule is O=C(O)COc1ccc(/C=C2\CN(Cc3ccccc3)Cc3c2nc2ccccc2c3C(=O)O)cc1. The molecule has 1 aromatic heterocycles. The lowest BCUT2D eigenvalue weighted by atomic mass is 9.91. The Morgan fingerprint density at radius 3 is 2.36 bits per heavy atom. The molecule has 7 heteroatoms. The first-order valence-electron chi connectivity index (χ1n) is 11.5. The first kappa shape index (κ1) is 23.3. The van der Waals surface area contributed by atoms with E-state index in [0.717, 1.165) is 16.7 Å². The number of nitrogens with zero attached hydrogens (tertiary/aromatic N) is 2. The molecule has 0 amide bonds. The molecule has 0 spiro atoms. The molecule has 0 saturated carbocycles. The third kappa shape index (κ3) is 4.96. The van der Waals surface area contributed by atoms with Gasteiger partial charge in [-0.3, -0.25) is 4.90 Å². The summed E-state index contributed by atoms with van der Waals surface area (Å²) in [7, 11) is 0.